The first-order valence-electron chi connectivity index (χ1n) is 5.13. The molecule has 0 atom stereocenters. The van der Waals surface area contributed by atoms with Gasteiger partial charge in [0, 0.05) is 5.69 Å². The summed E-state index contributed by atoms with van der Waals surface area (Å²) in [5.41, 5.74) is 0.667. The third-order valence-corrected chi connectivity index (χ3v) is 4.49. The SMILES string of the molecule is Cc1cc(C)c(C(=O)O)c(S(=O)(=O)C(C)C)n1. The fourth-order valence-corrected chi connectivity index (χ4v) is 2.74. The van der Waals surface area contributed by atoms with Crippen molar-refractivity contribution in [3.63, 3.8) is 0 Å². The number of hydrogen-bond acceptors (Lipinski definition) is 4. The highest BCUT2D eigenvalue weighted by Gasteiger charge is 2.28. The molecule has 0 aromatic carbocycles. The van der Waals surface area contributed by atoms with E-state index in [-0.39, 0.29) is 10.6 Å². The molecule has 0 radical (unpaired) electrons. The Hall–Kier alpha value is -1.43. The number of carbonyl (C=O) groups is 1. The maximum Gasteiger partial charge on any atom is 0.338 e. The van der Waals surface area contributed by atoms with Crippen LogP contribution < -0.4 is 0 Å². The number of sulfone groups is 1. The van der Waals surface area contributed by atoms with Gasteiger partial charge in [-0.2, -0.15) is 0 Å². The van der Waals surface area contributed by atoms with Crippen molar-refractivity contribution >= 4 is 15.8 Å². The quantitative estimate of drug-likeness (QED) is 0.888. The van der Waals surface area contributed by atoms with Gasteiger partial charge in [-0.05, 0) is 39.3 Å². The molecule has 0 fully saturated rings. The van der Waals surface area contributed by atoms with Gasteiger partial charge in [0.05, 0.1) is 10.8 Å². The van der Waals surface area contributed by atoms with Gasteiger partial charge in [0.15, 0.2) is 14.9 Å². The number of rotatable bonds is 3. The van der Waals surface area contributed by atoms with Crippen LogP contribution in [0.1, 0.15) is 35.5 Å². The summed E-state index contributed by atoms with van der Waals surface area (Å²) >= 11 is 0. The average Bonchev–Trinajstić information content (AvgIpc) is 2.15. The minimum Gasteiger partial charge on any atom is -0.478 e. The van der Waals surface area contributed by atoms with E-state index in [9.17, 15) is 13.2 Å². The molecule has 0 aliphatic rings. The number of aryl methyl sites for hydroxylation is 2. The van der Waals surface area contributed by atoms with Crippen LogP contribution in [0.5, 0.6) is 0 Å². The van der Waals surface area contributed by atoms with E-state index >= 15 is 0 Å². The molecule has 94 valence electrons. The summed E-state index contributed by atoms with van der Waals surface area (Å²) in [6, 6.07) is 1.56. The van der Waals surface area contributed by atoms with Crippen LogP contribution in [0, 0.1) is 13.8 Å². The molecule has 0 saturated carbocycles. The monoisotopic (exact) mass is 257 g/mol. The molecule has 1 rings (SSSR count). The van der Waals surface area contributed by atoms with Crippen molar-refractivity contribution in [2.24, 2.45) is 0 Å². The van der Waals surface area contributed by atoms with E-state index in [0.717, 1.165) is 0 Å². The Bertz CT molecular complexity index is 561. The van der Waals surface area contributed by atoms with E-state index in [1.54, 1.807) is 19.9 Å². The van der Waals surface area contributed by atoms with E-state index in [4.69, 9.17) is 5.11 Å². The van der Waals surface area contributed by atoms with Crippen LogP contribution in [0.15, 0.2) is 11.1 Å². The Morgan fingerprint density at radius 2 is 1.88 bits per heavy atom. The first-order valence-corrected chi connectivity index (χ1v) is 6.68. The standard InChI is InChI=1S/C11H15NO4S/c1-6(2)17(15,16)10-9(11(13)14)7(3)5-8(4)12-10/h5-6H,1-4H3,(H,13,14). The summed E-state index contributed by atoms with van der Waals surface area (Å²) in [4.78, 5) is 15.0. The molecular weight excluding hydrogens is 242 g/mol. The lowest BCUT2D eigenvalue weighted by Gasteiger charge is -2.12. The van der Waals surface area contributed by atoms with Crippen molar-refractivity contribution in [1.29, 1.82) is 0 Å². The lowest BCUT2D eigenvalue weighted by molar-refractivity contribution is 0.0691. The number of nitrogens with zero attached hydrogens (tertiary/aromatic N) is 1. The lowest BCUT2D eigenvalue weighted by atomic mass is 10.1. The molecule has 0 aliphatic carbocycles. The van der Waals surface area contributed by atoms with Gasteiger partial charge < -0.3 is 5.11 Å². The molecule has 17 heavy (non-hydrogen) atoms. The van der Waals surface area contributed by atoms with Crippen molar-refractivity contribution in [3.05, 3.63) is 22.9 Å². The van der Waals surface area contributed by atoms with Crippen molar-refractivity contribution in [2.75, 3.05) is 0 Å². The molecule has 0 saturated heterocycles. The van der Waals surface area contributed by atoms with Gasteiger partial charge in [-0.1, -0.05) is 0 Å². The highest BCUT2D eigenvalue weighted by molar-refractivity contribution is 7.92. The maximum atomic E-state index is 12.0. The summed E-state index contributed by atoms with van der Waals surface area (Å²) in [6.07, 6.45) is 0. The van der Waals surface area contributed by atoms with Gasteiger partial charge in [-0.25, -0.2) is 18.2 Å². The number of carboxylic acid groups (broad SMARTS) is 1. The van der Waals surface area contributed by atoms with Crippen molar-refractivity contribution in [3.8, 4) is 0 Å². The van der Waals surface area contributed by atoms with Gasteiger partial charge in [-0.15, -0.1) is 0 Å². The number of carboxylic acids is 1. The summed E-state index contributed by atoms with van der Waals surface area (Å²) in [5, 5.41) is 8.04. The van der Waals surface area contributed by atoms with Gasteiger partial charge in [0.25, 0.3) is 0 Å². The van der Waals surface area contributed by atoms with Crippen LogP contribution in [0.3, 0.4) is 0 Å². The van der Waals surface area contributed by atoms with Crippen LogP contribution in [0.25, 0.3) is 0 Å². The Morgan fingerprint density at radius 3 is 2.29 bits per heavy atom. The van der Waals surface area contributed by atoms with E-state index in [2.05, 4.69) is 4.98 Å². The van der Waals surface area contributed by atoms with Crippen molar-refractivity contribution in [1.82, 2.24) is 4.98 Å². The molecule has 0 amide bonds. The van der Waals surface area contributed by atoms with Crippen LogP contribution in [-0.2, 0) is 9.84 Å². The lowest BCUT2D eigenvalue weighted by Crippen LogP contribution is -2.20. The topological polar surface area (TPSA) is 84.3 Å². The number of hydrogen-bond donors (Lipinski definition) is 1. The molecule has 1 aromatic rings. The van der Waals surface area contributed by atoms with Gasteiger partial charge >= 0.3 is 5.97 Å². The molecule has 1 N–H and O–H groups in total. The molecule has 0 aliphatic heterocycles. The second-order valence-corrected chi connectivity index (χ2v) is 6.58. The average molecular weight is 257 g/mol. The molecule has 0 bridgehead atoms. The zero-order chi connectivity index (χ0) is 13.4. The van der Waals surface area contributed by atoms with Crippen LogP contribution in [-0.4, -0.2) is 29.7 Å². The third kappa shape index (κ3) is 2.46. The Kier molecular flexibility index (Phi) is 3.56. The normalized spacial score (nSPS) is 11.8. The first kappa shape index (κ1) is 13.6. The molecule has 0 unspecified atom stereocenters. The second-order valence-electron chi connectivity index (χ2n) is 4.16. The van der Waals surface area contributed by atoms with Gasteiger partial charge in [0.2, 0.25) is 0 Å². The molecule has 6 heteroatoms. The molecule has 1 aromatic heterocycles. The summed E-state index contributed by atoms with van der Waals surface area (Å²) in [6.45, 7) is 6.20. The largest absolute Gasteiger partial charge is 0.478 e. The molecular formula is C11H15NO4S. The van der Waals surface area contributed by atoms with E-state index in [1.165, 1.54) is 13.8 Å². The highest BCUT2D eigenvalue weighted by atomic mass is 32.2. The summed E-state index contributed by atoms with van der Waals surface area (Å²) in [7, 11) is -3.69. The van der Waals surface area contributed by atoms with Crippen molar-refractivity contribution < 1.29 is 18.3 Å². The molecule has 1 heterocycles. The Balaban J connectivity index is 3.69. The number of pyridine rings is 1. The first-order chi connectivity index (χ1) is 7.67. The molecule has 5 nitrogen and oxygen atoms in total. The fraction of sp³-hybridized carbons (Fsp3) is 0.455. The summed E-state index contributed by atoms with van der Waals surface area (Å²) in [5.74, 6) is -1.27. The van der Waals surface area contributed by atoms with Gasteiger partial charge in [-0.3, -0.25) is 0 Å². The van der Waals surface area contributed by atoms with Gasteiger partial charge in [0.1, 0.15) is 0 Å². The fourth-order valence-electron chi connectivity index (χ4n) is 1.49. The zero-order valence-electron chi connectivity index (χ0n) is 10.2. The van der Waals surface area contributed by atoms with Crippen molar-refractivity contribution in [2.45, 2.75) is 38.0 Å². The predicted octanol–water partition coefficient (Wildman–Crippen LogP) is 1.58. The number of aromatic nitrogens is 1. The highest BCUT2D eigenvalue weighted by Crippen LogP contribution is 2.22. The Labute approximate surface area is 100 Å². The minimum absolute atomic E-state index is 0.232. The summed E-state index contributed by atoms with van der Waals surface area (Å²) < 4.78 is 24.1. The van der Waals surface area contributed by atoms with Crippen LogP contribution in [0.2, 0.25) is 0 Å². The maximum absolute atomic E-state index is 12.0. The predicted molar refractivity (Wildman–Crippen MR) is 63.0 cm³/mol. The smallest absolute Gasteiger partial charge is 0.338 e. The van der Waals surface area contributed by atoms with E-state index < -0.39 is 21.1 Å². The second kappa shape index (κ2) is 4.44. The Morgan fingerprint density at radius 1 is 1.35 bits per heavy atom. The molecule has 0 spiro atoms. The van der Waals surface area contributed by atoms with Crippen LogP contribution >= 0.6 is 0 Å². The number of aromatic carboxylic acids is 1. The van der Waals surface area contributed by atoms with Crippen LogP contribution in [0.4, 0.5) is 0 Å². The third-order valence-electron chi connectivity index (χ3n) is 2.42. The zero-order valence-corrected chi connectivity index (χ0v) is 11.0. The van der Waals surface area contributed by atoms with E-state index in [0.29, 0.717) is 11.3 Å². The van der Waals surface area contributed by atoms with E-state index in [1.807, 2.05) is 0 Å². The minimum atomic E-state index is -3.69.